The number of rotatable bonds is 8. The lowest BCUT2D eigenvalue weighted by molar-refractivity contribution is -0.114. The van der Waals surface area contributed by atoms with Crippen molar-refractivity contribution in [2.75, 3.05) is 41.0 Å². The summed E-state index contributed by atoms with van der Waals surface area (Å²) in [6.07, 6.45) is 0. The third-order valence-corrected chi connectivity index (χ3v) is 4.66. The molecule has 0 atom stereocenters. The molecule has 0 fully saturated rings. The molecule has 3 aromatic carbocycles. The van der Waals surface area contributed by atoms with Crippen LogP contribution in [0.25, 0.3) is 0 Å². The molecule has 0 saturated heterocycles. The average molecular weight is 435 g/mol. The van der Waals surface area contributed by atoms with Gasteiger partial charge in [-0.2, -0.15) is 0 Å². The van der Waals surface area contributed by atoms with E-state index < -0.39 is 5.91 Å². The maximum Gasteiger partial charge on any atom is 0.252 e. The number of benzene rings is 3. The molecule has 9 nitrogen and oxygen atoms in total. The van der Waals surface area contributed by atoms with Crippen LogP contribution in [0.3, 0.4) is 0 Å². The molecule has 7 N–H and O–H groups in total. The van der Waals surface area contributed by atoms with Crippen molar-refractivity contribution < 1.29 is 14.3 Å². The number of nitrogens with two attached hydrogens (primary N) is 2. The average Bonchev–Trinajstić information content (AvgIpc) is 2.74. The van der Waals surface area contributed by atoms with Gasteiger partial charge in [0.05, 0.1) is 29.7 Å². The van der Waals surface area contributed by atoms with Crippen molar-refractivity contribution >= 4 is 45.9 Å². The molecule has 0 unspecified atom stereocenters. The minimum absolute atomic E-state index is 0.162. The summed E-state index contributed by atoms with van der Waals surface area (Å²) in [5.41, 5.74) is 18.6. The molecule has 0 aliphatic heterocycles. The second kappa shape index (κ2) is 9.61. The summed E-state index contributed by atoms with van der Waals surface area (Å²) in [4.78, 5) is 23.5. The first-order chi connectivity index (χ1) is 15.3. The van der Waals surface area contributed by atoms with Gasteiger partial charge in [-0.1, -0.05) is 6.07 Å². The normalized spacial score (nSPS) is 10.2. The Morgan fingerprint density at radius 1 is 0.969 bits per heavy atom. The SMILES string of the molecule is COc1cccc(NN(C)c2ccc(N)c(C(N)=O)c2Nc2ccc(NC(C)=O)cc2)c1. The fourth-order valence-electron chi connectivity index (χ4n) is 3.21. The van der Waals surface area contributed by atoms with E-state index in [2.05, 4.69) is 16.1 Å². The summed E-state index contributed by atoms with van der Waals surface area (Å²) in [6.45, 7) is 1.44. The zero-order chi connectivity index (χ0) is 23.3. The summed E-state index contributed by atoms with van der Waals surface area (Å²) in [5, 5.41) is 7.69. The van der Waals surface area contributed by atoms with E-state index in [-0.39, 0.29) is 17.2 Å². The number of ether oxygens (including phenoxy) is 1. The van der Waals surface area contributed by atoms with Gasteiger partial charge in [-0.05, 0) is 48.5 Å². The monoisotopic (exact) mass is 434 g/mol. The van der Waals surface area contributed by atoms with Gasteiger partial charge in [0, 0.05) is 37.1 Å². The molecule has 0 radical (unpaired) electrons. The first-order valence-corrected chi connectivity index (χ1v) is 9.80. The highest BCUT2D eigenvalue weighted by atomic mass is 16.5. The Labute approximate surface area is 186 Å². The van der Waals surface area contributed by atoms with Crippen molar-refractivity contribution in [1.82, 2.24) is 0 Å². The van der Waals surface area contributed by atoms with Crippen LogP contribution in [0.1, 0.15) is 17.3 Å². The summed E-state index contributed by atoms with van der Waals surface area (Å²) >= 11 is 0. The lowest BCUT2D eigenvalue weighted by Gasteiger charge is -2.26. The maximum atomic E-state index is 12.2. The molecule has 3 rings (SSSR count). The van der Waals surface area contributed by atoms with Crippen LogP contribution in [-0.4, -0.2) is 26.0 Å². The largest absolute Gasteiger partial charge is 0.497 e. The number of nitrogens with one attached hydrogen (secondary N) is 3. The van der Waals surface area contributed by atoms with Crippen LogP contribution >= 0.6 is 0 Å². The van der Waals surface area contributed by atoms with E-state index in [1.165, 1.54) is 6.92 Å². The number of nitrogens with zero attached hydrogens (tertiary/aromatic N) is 1. The number of primary amides is 1. The smallest absolute Gasteiger partial charge is 0.252 e. The third-order valence-electron chi connectivity index (χ3n) is 4.66. The van der Waals surface area contributed by atoms with Crippen LogP contribution in [0.4, 0.5) is 34.1 Å². The quantitative estimate of drug-likeness (QED) is 0.270. The lowest BCUT2D eigenvalue weighted by atomic mass is 10.1. The summed E-state index contributed by atoms with van der Waals surface area (Å²) < 4.78 is 5.27. The fraction of sp³-hybridized carbons (Fsp3) is 0.130. The van der Waals surface area contributed by atoms with E-state index >= 15 is 0 Å². The molecule has 0 heterocycles. The van der Waals surface area contributed by atoms with E-state index in [0.29, 0.717) is 28.5 Å². The second-order valence-electron chi connectivity index (χ2n) is 7.07. The van der Waals surface area contributed by atoms with E-state index in [1.54, 1.807) is 55.6 Å². The van der Waals surface area contributed by atoms with Gasteiger partial charge in [0.25, 0.3) is 5.91 Å². The van der Waals surface area contributed by atoms with Gasteiger partial charge >= 0.3 is 0 Å². The van der Waals surface area contributed by atoms with Crippen molar-refractivity contribution in [1.29, 1.82) is 0 Å². The van der Waals surface area contributed by atoms with Gasteiger partial charge in [-0.3, -0.25) is 20.0 Å². The van der Waals surface area contributed by atoms with Gasteiger partial charge in [0.2, 0.25) is 5.91 Å². The van der Waals surface area contributed by atoms with E-state index in [4.69, 9.17) is 16.2 Å². The topological polar surface area (TPSA) is 135 Å². The second-order valence-corrected chi connectivity index (χ2v) is 7.07. The Balaban J connectivity index is 1.96. The van der Waals surface area contributed by atoms with Crippen molar-refractivity contribution in [2.24, 2.45) is 5.73 Å². The zero-order valence-corrected chi connectivity index (χ0v) is 18.1. The Morgan fingerprint density at radius 2 is 1.66 bits per heavy atom. The fourth-order valence-corrected chi connectivity index (χ4v) is 3.21. The van der Waals surface area contributed by atoms with E-state index in [0.717, 1.165) is 5.69 Å². The number of hydrazine groups is 1. The van der Waals surface area contributed by atoms with Gasteiger partial charge < -0.3 is 26.8 Å². The molecule has 0 saturated carbocycles. The zero-order valence-electron chi connectivity index (χ0n) is 18.1. The minimum atomic E-state index is -0.656. The maximum absolute atomic E-state index is 12.2. The highest BCUT2D eigenvalue weighted by molar-refractivity contribution is 6.07. The molecule has 2 amide bonds. The van der Waals surface area contributed by atoms with Crippen LogP contribution in [0.15, 0.2) is 60.7 Å². The summed E-state index contributed by atoms with van der Waals surface area (Å²) in [6, 6.07) is 17.9. The van der Waals surface area contributed by atoms with E-state index in [9.17, 15) is 9.59 Å². The summed E-state index contributed by atoms with van der Waals surface area (Å²) in [5.74, 6) is -0.113. The number of amides is 2. The Hall–Kier alpha value is -4.40. The van der Waals surface area contributed by atoms with Gasteiger partial charge in [-0.15, -0.1) is 0 Å². The molecule has 0 aliphatic rings. The van der Waals surface area contributed by atoms with Gasteiger partial charge in [-0.25, -0.2) is 0 Å². The van der Waals surface area contributed by atoms with Crippen molar-refractivity contribution in [3.63, 3.8) is 0 Å². The van der Waals surface area contributed by atoms with Crippen molar-refractivity contribution in [2.45, 2.75) is 6.92 Å². The van der Waals surface area contributed by atoms with Gasteiger partial charge in [0.15, 0.2) is 0 Å². The van der Waals surface area contributed by atoms with Crippen LogP contribution in [0, 0.1) is 0 Å². The molecule has 0 aromatic heterocycles. The standard InChI is InChI=1S/C23H26N6O3/c1-14(30)26-15-7-9-16(10-8-15)27-22-20(12-11-19(24)21(22)23(25)31)29(2)28-17-5-4-6-18(13-17)32-3/h4-13,27-28H,24H2,1-3H3,(H2,25,31)(H,26,30). The molecule has 32 heavy (non-hydrogen) atoms. The van der Waals surface area contributed by atoms with Gasteiger partial charge in [0.1, 0.15) is 5.75 Å². The highest BCUT2D eigenvalue weighted by Crippen LogP contribution is 2.36. The molecular formula is C23H26N6O3. The van der Waals surface area contributed by atoms with Crippen LogP contribution in [0.5, 0.6) is 5.75 Å². The van der Waals surface area contributed by atoms with Crippen molar-refractivity contribution in [3.05, 3.63) is 66.2 Å². The van der Waals surface area contributed by atoms with Crippen LogP contribution in [0.2, 0.25) is 0 Å². The molecular weight excluding hydrogens is 408 g/mol. The number of anilines is 6. The first-order valence-electron chi connectivity index (χ1n) is 9.80. The number of nitrogen functional groups attached to an aromatic ring is 1. The molecule has 3 aromatic rings. The molecule has 0 aliphatic carbocycles. The Kier molecular flexibility index (Phi) is 6.69. The number of hydrogen-bond acceptors (Lipinski definition) is 7. The molecule has 9 heteroatoms. The lowest BCUT2D eigenvalue weighted by Crippen LogP contribution is -2.27. The summed E-state index contributed by atoms with van der Waals surface area (Å²) in [7, 11) is 3.40. The number of carbonyl (C=O) groups is 2. The van der Waals surface area contributed by atoms with E-state index in [1.807, 2.05) is 24.3 Å². The Morgan fingerprint density at radius 3 is 2.28 bits per heavy atom. The first kappa shape index (κ1) is 22.3. The highest BCUT2D eigenvalue weighted by Gasteiger charge is 2.19. The van der Waals surface area contributed by atoms with Crippen molar-refractivity contribution in [3.8, 4) is 5.75 Å². The third kappa shape index (κ3) is 5.20. The molecule has 0 bridgehead atoms. The van der Waals surface area contributed by atoms with Crippen LogP contribution < -0.4 is 37.3 Å². The molecule has 166 valence electrons. The number of methoxy groups -OCH3 is 1. The molecule has 0 spiro atoms. The predicted molar refractivity (Wildman–Crippen MR) is 128 cm³/mol. The minimum Gasteiger partial charge on any atom is -0.497 e. The number of hydrogen-bond donors (Lipinski definition) is 5. The number of carbonyl (C=O) groups excluding carboxylic acids is 2. The predicted octanol–water partition coefficient (Wildman–Crippen LogP) is 3.54. The Bertz CT molecular complexity index is 1130. The van der Waals surface area contributed by atoms with Crippen LogP contribution in [-0.2, 0) is 4.79 Å².